The summed E-state index contributed by atoms with van der Waals surface area (Å²) in [6.45, 7) is 3.95. The molecule has 1 heterocycles. The van der Waals surface area contributed by atoms with E-state index in [-0.39, 0.29) is 23.8 Å². The van der Waals surface area contributed by atoms with Crippen LogP contribution in [0.3, 0.4) is 0 Å². The standard InChI is InChI=1S/C28H25F2NO4/c1-16(2)22-14-19(8-13-23(22)35-3)26(32)24-25(18-6-11-21(30)12-7-18)31(28(34)27(24)33)15-17-4-9-20(29)10-5-17/h4-14,16,25,32H,15H2,1-3H3/b26-24-. The number of ketones is 1. The van der Waals surface area contributed by atoms with E-state index >= 15 is 0 Å². The van der Waals surface area contributed by atoms with Gasteiger partial charge in [-0.3, -0.25) is 9.59 Å². The minimum Gasteiger partial charge on any atom is -0.507 e. The number of halogens is 2. The van der Waals surface area contributed by atoms with Gasteiger partial charge in [0, 0.05) is 12.1 Å². The van der Waals surface area contributed by atoms with Crippen LogP contribution in [0.1, 0.15) is 48.1 Å². The molecule has 4 rings (SSSR count). The summed E-state index contributed by atoms with van der Waals surface area (Å²) in [7, 11) is 1.55. The number of benzene rings is 3. The summed E-state index contributed by atoms with van der Waals surface area (Å²) in [6.07, 6.45) is 0. The predicted molar refractivity (Wildman–Crippen MR) is 128 cm³/mol. The molecule has 1 atom stereocenters. The van der Waals surface area contributed by atoms with E-state index < -0.39 is 29.4 Å². The van der Waals surface area contributed by atoms with E-state index in [0.717, 1.165) is 5.56 Å². The summed E-state index contributed by atoms with van der Waals surface area (Å²) in [6, 6.07) is 15.1. The first-order valence-electron chi connectivity index (χ1n) is 11.2. The Hall–Kier alpha value is -4.00. The minimum atomic E-state index is -0.953. The van der Waals surface area contributed by atoms with Crippen LogP contribution in [-0.2, 0) is 16.1 Å². The van der Waals surface area contributed by atoms with Gasteiger partial charge in [-0.1, -0.05) is 38.1 Å². The van der Waals surface area contributed by atoms with Gasteiger partial charge in [0.2, 0.25) is 0 Å². The van der Waals surface area contributed by atoms with Gasteiger partial charge in [-0.2, -0.15) is 0 Å². The van der Waals surface area contributed by atoms with Gasteiger partial charge in [-0.15, -0.1) is 0 Å². The number of Topliss-reactive ketones (excluding diaryl/α,β-unsaturated/α-hetero) is 1. The Labute approximate surface area is 202 Å². The van der Waals surface area contributed by atoms with Crippen LogP contribution < -0.4 is 4.74 Å². The van der Waals surface area contributed by atoms with Crippen LogP contribution in [0.4, 0.5) is 8.78 Å². The SMILES string of the molecule is COc1ccc(/C(O)=C2/C(=O)C(=O)N(Cc3ccc(F)cc3)C2c2ccc(F)cc2)cc1C(C)C. The van der Waals surface area contributed by atoms with Crippen LogP contribution >= 0.6 is 0 Å². The van der Waals surface area contributed by atoms with Crippen molar-refractivity contribution < 1.29 is 28.2 Å². The summed E-state index contributed by atoms with van der Waals surface area (Å²) in [4.78, 5) is 27.6. The first-order valence-corrected chi connectivity index (χ1v) is 11.2. The monoisotopic (exact) mass is 477 g/mol. The van der Waals surface area contributed by atoms with E-state index in [9.17, 15) is 23.5 Å². The van der Waals surface area contributed by atoms with Gasteiger partial charge in [-0.25, -0.2) is 8.78 Å². The van der Waals surface area contributed by atoms with Crippen molar-refractivity contribution in [2.24, 2.45) is 0 Å². The molecule has 1 amide bonds. The fourth-order valence-corrected chi connectivity index (χ4v) is 4.31. The third kappa shape index (κ3) is 4.67. The van der Waals surface area contributed by atoms with E-state index in [0.29, 0.717) is 22.4 Å². The zero-order chi connectivity index (χ0) is 25.3. The Bertz CT molecular complexity index is 1300. The number of hydrogen-bond acceptors (Lipinski definition) is 4. The number of amides is 1. The highest BCUT2D eigenvalue weighted by molar-refractivity contribution is 6.46. The molecule has 0 aromatic heterocycles. The molecule has 0 spiro atoms. The first kappa shape index (κ1) is 24.1. The van der Waals surface area contributed by atoms with Gasteiger partial charge in [0.1, 0.15) is 23.1 Å². The number of aliphatic hydroxyl groups is 1. The Morgan fingerprint density at radius 3 is 2.14 bits per heavy atom. The molecule has 0 radical (unpaired) electrons. The average molecular weight is 478 g/mol. The summed E-state index contributed by atoms with van der Waals surface area (Å²) < 4.78 is 32.5. The van der Waals surface area contributed by atoms with Gasteiger partial charge >= 0.3 is 0 Å². The molecule has 180 valence electrons. The maximum Gasteiger partial charge on any atom is 0.295 e. The van der Waals surface area contributed by atoms with Crippen LogP contribution in [0.5, 0.6) is 5.75 Å². The van der Waals surface area contributed by atoms with Crippen LogP contribution in [0, 0.1) is 11.6 Å². The summed E-state index contributed by atoms with van der Waals surface area (Å²) in [5, 5.41) is 11.3. The molecule has 0 aliphatic carbocycles. The molecule has 1 unspecified atom stereocenters. The third-order valence-electron chi connectivity index (χ3n) is 6.12. The van der Waals surface area contributed by atoms with Crippen LogP contribution in [0.25, 0.3) is 5.76 Å². The van der Waals surface area contributed by atoms with Crippen molar-refractivity contribution >= 4 is 17.4 Å². The molecule has 1 aliphatic heterocycles. The molecule has 3 aromatic rings. The number of methoxy groups -OCH3 is 1. The Morgan fingerprint density at radius 1 is 0.971 bits per heavy atom. The second-order valence-electron chi connectivity index (χ2n) is 8.72. The second kappa shape index (κ2) is 9.70. The van der Waals surface area contributed by atoms with Gasteiger partial charge < -0.3 is 14.7 Å². The largest absolute Gasteiger partial charge is 0.507 e. The lowest BCUT2D eigenvalue weighted by Gasteiger charge is -2.25. The van der Waals surface area contributed by atoms with Gasteiger partial charge in [-0.05, 0) is 65.1 Å². The zero-order valence-electron chi connectivity index (χ0n) is 19.6. The van der Waals surface area contributed by atoms with Crippen molar-refractivity contribution in [1.29, 1.82) is 0 Å². The molecule has 35 heavy (non-hydrogen) atoms. The number of hydrogen-bond donors (Lipinski definition) is 1. The van der Waals surface area contributed by atoms with Gasteiger partial charge in [0.25, 0.3) is 11.7 Å². The fraction of sp³-hybridized carbons (Fsp3) is 0.214. The highest BCUT2D eigenvalue weighted by atomic mass is 19.1. The lowest BCUT2D eigenvalue weighted by Crippen LogP contribution is -2.29. The summed E-state index contributed by atoms with van der Waals surface area (Å²) in [5.41, 5.74) is 2.17. The number of aliphatic hydroxyl groups excluding tert-OH is 1. The topological polar surface area (TPSA) is 66.8 Å². The number of likely N-dealkylation sites (tertiary alicyclic amines) is 1. The van der Waals surface area contributed by atoms with Crippen LogP contribution in [0.15, 0.2) is 72.3 Å². The van der Waals surface area contributed by atoms with Crippen molar-refractivity contribution in [2.45, 2.75) is 32.4 Å². The molecular formula is C28H25F2NO4. The maximum absolute atomic E-state index is 13.7. The van der Waals surface area contributed by atoms with Crippen molar-refractivity contribution in [3.05, 3.63) is 106 Å². The molecule has 7 heteroatoms. The van der Waals surface area contributed by atoms with Crippen molar-refractivity contribution in [3.8, 4) is 5.75 Å². The number of nitrogens with zero attached hydrogens (tertiary/aromatic N) is 1. The molecule has 1 saturated heterocycles. The number of carbonyl (C=O) groups excluding carboxylic acids is 2. The maximum atomic E-state index is 13.7. The van der Waals surface area contributed by atoms with Crippen molar-refractivity contribution in [2.75, 3.05) is 7.11 Å². The van der Waals surface area contributed by atoms with Gasteiger partial charge in [0.15, 0.2) is 0 Å². The molecule has 3 aromatic carbocycles. The number of ether oxygens (including phenoxy) is 1. The van der Waals surface area contributed by atoms with Crippen molar-refractivity contribution in [3.63, 3.8) is 0 Å². The number of rotatable bonds is 6. The molecule has 0 bridgehead atoms. The number of carbonyl (C=O) groups is 2. The first-order chi connectivity index (χ1) is 16.7. The third-order valence-corrected chi connectivity index (χ3v) is 6.12. The molecular weight excluding hydrogens is 452 g/mol. The Balaban J connectivity index is 1.86. The molecule has 5 nitrogen and oxygen atoms in total. The second-order valence-corrected chi connectivity index (χ2v) is 8.72. The normalized spacial score (nSPS) is 17.3. The minimum absolute atomic E-state index is 0.00351. The molecule has 1 fully saturated rings. The smallest absolute Gasteiger partial charge is 0.295 e. The van der Waals surface area contributed by atoms with E-state index in [1.54, 1.807) is 25.3 Å². The van der Waals surface area contributed by atoms with Crippen LogP contribution in [0.2, 0.25) is 0 Å². The zero-order valence-corrected chi connectivity index (χ0v) is 19.6. The predicted octanol–water partition coefficient (Wildman–Crippen LogP) is 5.72. The van der Waals surface area contributed by atoms with E-state index in [1.165, 1.54) is 53.4 Å². The molecule has 1 N–H and O–H groups in total. The van der Waals surface area contributed by atoms with E-state index in [4.69, 9.17) is 4.74 Å². The lowest BCUT2D eigenvalue weighted by atomic mass is 9.93. The fourth-order valence-electron chi connectivity index (χ4n) is 4.31. The molecule has 1 aliphatic rings. The van der Waals surface area contributed by atoms with E-state index in [1.807, 2.05) is 13.8 Å². The average Bonchev–Trinajstić information content (AvgIpc) is 3.10. The highest BCUT2D eigenvalue weighted by Gasteiger charge is 2.46. The highest BCUT2D eigenvalue weighted by Crippen LogP contribution is 2.41. The quantitative estimate of drug-likeness (QED) is 0.280. The van der Waals surface area contributed by atoms with Gasteiger partial charge in [0.05, 0.1) is 18.7 Å². The van der Waals surface area contributed by atoms with Crippen molar-refractivity contribution in [1.82, 2.24) is 4.90 Å². The Kier molecular flexibility index (Phi) is 6.69. The Morgan fingerprint density at radius 2 is 1.57 bits per heavy atom. The van der Waals surface area contributed by atoms with Crippen LogP contribution in [-0.4, -0.2) is 28.8 Å². The summed E-state index contributed by atoms with van der Waals surface area (Å²) >= 11 is 0. The van der Waals surface area contributed by atoms with E-state index in [2.05, 4.69) is 0 Å². The molecule has 0 saturated carbocycles. The lowest BCUT2D eigenvalue weighted by molar-refractivity contribution is -0.140. The summed E-state index contributed by atoms with van der Waals surface area (Å²) in [5.74, 6) is -2.16.